The third-order valence-electron chi connectivity index (χ3n) is 3.96. The smallest absolute Gasteiger partial charge is 0.328 e. The third kappa shape index (κ3) is 3.15. The first-order valence-electron chi connectivity index (χ1n) is 7.86. The van der Waals surface area contributed by atoms with Gasteiger partial charge >= 0.3 is 5.97 Å². The Bertz CT molecular complexity index is 959. The van der Waals surface area contributed by atoms with E-state index in [1.54, 1.807) is 6.92 Å². The van der Waals surface area contributed by atoms with Gasteiger partial charge in [-0.1, -0.05) is 12.1 Å². The molecule has 0 saturated heterocycles. The summed E-state index contributed by atoms with van der Waals surface area (Å²) in [5, 5.41) is 2.41. The normalized spacial score (nSPS) is 12.1. The van der Waals surface area contributed by atoms with Crippen molar-refractivity contribution in [3.05, 3.63) is 46.3 Å². The fourth-order valence-electron chi connectivity index (χ4n) is 2.62. The molecule has 2 aromatic heterocycles. The number of methoxy groups -OCH3 is 1. The van der Waals surface area contributed by atoms with E-state index in [1.807, 2.05) is 36.6 Å². The molecule has 0 fully saturated rings. The largest absolute Gasteiger partial charge is 0.494 e. The SMILES string of the molecule is CCOc1ccc(-c2csc3ncn([C@@H](C)C(=O)OC)c(=O)c23)cc1. The molecular formula is C18H18N2O4S. The molecule has 0 aliphatic carbocycles. The summed E-state index contributed by atoms with van der Waals surface area (Å²) >= 11 is 1.40. The summed E-state index contributed by atoms with van der Waals surface area (Å²) in [5.74, 6) is 0.293. The molecule has 3 aromatic rings. The number of carbonyl (C=O) groups excluding carboxylic acids is 1. The number of ether oxygens (including phenoxy) is 2. The highest BCUT2D eigenvalue weighted by molar-refractivity contribution is 7.17. The lowest BCUT2D eigenvalue weighted by Gasteiger charge is -2.12. The molecule has 0 amide bonds. The van der Waals surface area contributed by atoms with Gasteiger partial charge in [0.1, 0.15) is 16.6 Å². The van der Waals surface area contributed by atoms with Crippen LogP contribution in [0.15, 0.2) is 40.8 Å². The Labute approximate surface area is 148 Å². The lowest BCUT2D eigenvalue weighted by Crippen LogP contribution is -2.29. The van der Waals surface area contributed by atoms with Crippen molar-refractivity contribution < 1.29 is 14.3 Å². The van der Waals surface area contributed by atoms with E-state index in [2.05, 4.69) is 4.98 Å². The average molecular weight is 358 g/mol. The minimum absolute atomic E-state index is 0.256. The molecule has 0 N–H and O–H groups in total. The lowest BCUT2D eigenvalue weighted by atomic mass is 10.1. The minimum Gasteiger partial charge on any atom is -0.494 e. The molecule has 0 unspecified atom stereocenters. The molecule has 0 radical (unpaired) electrons. The van der Waals surface area contributed by atoms with Crippen LogP contribution in [0.25, 0.3) is 21.3 Å². The van der Waals surface area contributed by atoms with Gasteiger partial charge in [-0.05, 0) is 31.5 Å². The molecule has 130 valence electrons. The van der Waals surface area contributed by atoms with Gasteiger partial charge in [0.2, 0.25) is 0 Å². The number of fused-ring (bicyclic) bond motifs is 1. The van der Waals surface area contributed by atoms with Crippen LogP contribution in [0.1, 0.15) is 19.9 Å². The zero-order chi connectivity index (χ0) is 18.0. The van der Waals surface area contributed by atoms with Crippen molar-refractivity contribution in [2.24, 2.45) is 0 Å². The van der Waals surface area contributed by atoms with Crippen molar-refractivity contribution in [3.63, 3.8) is 0 Å². The Balaban J connectivity index is 2.11. The number of thiophene rings is 1. The summed E-state index contributed by atoms with van der Waals surface area (Å²) in [6, 6.07) is 6.82. The first-order chi connectivity index (χ1) is 12.1. The number of esters is 1. The predicted molar refractivity (Wildman–Crippen MR) is 97.2 cm³/mol. The van der Waals surface area contributed by atoms with E-state index in [-0.39, 0.29) is 5.56 Å². The molecule has 2 heterocycles. The van der Waals surface area contributed by atoms with Crippen molar-refractivity contribution in [3.8, 4) is 16.9 Å². The van der Waals surface area contributed by atoms with Crippen molar-refractivity contribution in [1.29, 1.82) is 0 Å². The van der Waals surface area contributed by atoms with Crippen LogP contribution in [0, 0.1) is 0 Å². The van der Waals surface area contributed by atoms with Gasteiger partial charge in [0.25, 0.3) is 5.56 Å². The Morgan fingerprint density at radius 1 is 1.32 bits per heavy atom. The van der Waals surface area contributed by atoms with Gasteiger partial charge in [0.15, 0.2) is 0 Å². The second-order valence-corrected chi connectivity index (χ2v) is 6.30. The monoisotopic (exact) mass is 358 g/mol. The van der Waals surface area contributed by atoms with Gasteiger partial charge in [-0.2, -0.15) is 0 Å². The van der Waals surface area contributed by atoms with Crippen LogP contribution in [-0.4, -0.2) is 29.2 Å². The van der Waals surface area contributed by atoms with Crippen molar-refractivity contribution in [2.75, 3.05) is 13.7 Å². The second-order valence-electron chi connectivity index (χ2n) is 5.44. The Hall–Kier alpha value is -2.67. The Morgan fingerprint density at radius 3 is 2.68 bits per heavy atom. The van der Waals surface area contributed by atoms with Crippen LogP contribution < -0.4 is 10.3 Å². The van der Waals surface area contributed by atoms with Crippen molar-refractivity contribution in [1.82, 2.24) is 9.55 Å². The van der Waals surface area contributed by atoms with Crippen LogP contribution >= 0.6 is 11.3 Å². The molecule has 0 spiro atoms. The minimum atomic E-state index is -0.734. The summed E-state index contributed by atoms with van der Waals surface area (Å²) < 4.78 is 11.5. The fraction of sp³-hybridized carbons (Fsp3) is 0.278. The highest BCUT2D eigenvalue weighted by Gasteiger charge is 2.20. The summed E-state index contributed by atoms with van der Waals surface area (Å²) in [7, 11) is 1.30. The summed E-state index contributed by atoms with van der Waals surface area (Å²) in [6.07, 6.45) is 1.39. The molecule has 1 aromatic carbocycles. The van der Waals surface area contributed by atoms with E-state index in [4.69, 9.17) is 9.47 Å². The maximum atomic E-state index is 12.9. The maximum Gasteiger partial charge on any atom is 0.328 e. The summed E-state index contributed by atoms with van der Waals surface area (Å²) in [4.78, 5) is 29.6. The molecular weight excluding hydrogens is 340 g/mol. The van der Waals surface area contributed by atoms with E-state index in [9.17, 15) is 9.59 Å². The van der Waals surface area contributed by atoms with Crippen LogP contribution in [0.3, 0.4) is 0 Å². The third-order valence-corrected chi connectivity index (χ3v) is 4.84. The van der Waals surface area contributed by atoms with Gasteiger partial charge in [-0.3, -0.25) is 9.36 Å². The number of benzene rings is 1. The molecule has 0 saturated carbocycles. The van der Waals surface area contributed by atoms with Gasteiger partial charge in [0, 0.05) is 10.9 Å². The first kappa shape index (κ1) is 17.2. The maximum absolute atomic E-state index is 12.9. The number of aromatic nitrogens is 2. The highest BCUT2D eigenvalue weighted by atomic mass is 32.1. The number of hydrogen-bond acceptors (Lipinski definition) is 6. The zero-order valence-corrected chi connectivity index (χ0v) is 15.0. The van der Waals surface area contributed by atoms with Gasteiger partial charge in [-0.15, -0.1) is 11.3 Å². The van der Waals surface area contributed by atoms with E-state index >= 15 is 0 Å². The van der Waals surface area contributed by atoms with Crippen molar-refractivity contribution >= 4 is 27.5 Å². The second kappa shape index (κ2) is 7.06. The molecule has 3 rings (SSSR count). The van der Waals surface area contributed by atoms with Crippen molar-refractivity contribution in [2.45, 2.75) is 19.9 Å². The predicted octanol–water partition coefficient (Wildman–Crippen LogP) is 3.26. The summed E-state index contributed by atoms with van der Waals surface area (Å²) in [5.41, 5.74) is 1.44. The standard InChI is InChI=1S/C18H18N2O4S/c1-4-24-13-7-5-12(6-8-13)14-9-25-16-15(14)17(21)20(10-19-16)11(2)18(22)23-3/h5-11H,4H2,1-3H3/t11-/m0/s1. The van der Waals surface area contributed by atoms with Crippen LogP contribution in [0.5, 0.6) is 5.75 Å². The van der Waals surface area contributed by atoms with E-state index in [0.717, 1.165) is 16.9 Å². The van der Waals surface area contributed by atoms with E-state index in [1.165, 1.54) is 29.3 Å². The van der Waals surface area contributed by atoms with Gasteiger partial charge in [-0.25, -0.2) is 9.78 Å². The number of hydrogen-bond donors (Lipinski definition) is 0. The van der Waals surface area contributed by atoms with Crippen LogP contribution in [-0.2, 0) is 9.53 Å². The van der Waals surface area contributed by atoms with Gasteiger partial charge < -0.3 is 9.47 Å². The molecule has 0 aliphatic heterocycles. The molecule has 0 bridgehead atoms. The quantitative estimate of drug-likeness (QED) is 0.655. The zero-order valence-electron chi connectivity index (χ0n) is 14.2. The highest BCUT2D eigenvalue weighted by Crippen LogP contribution is 2.31. The van der Waals surface area contributed by atoms with Gasteiger partial charge in [0.05, 0.1) is 25.4 Å². The Kier molecular flexibility index (Phi) is 4.85. The number of carbonyl (C=O) groups is 1. The first-order valence-corrected chi connectivity index (χ1v) is 8.74. The van der Waals surface area contributed by atoms with Crippen LogP contribution in [0.4, 0.5) is 0 Å². The summed E-state index contributed by atoms with van der Waals surface area (Å²) in [6.45, 7) is 4.14. The molecule has 0 aliphatic rings. The van der Waals surface area contributed by atoms with E-state index < -0.39 is 12.0 Å². The molecule has 7 heteroatoms. The molecule has 1 atom stereocenters. The Morgan fingerprint density at radius 2 is 2.04 bits per heavy atom. The number of rotatable bonds is 5. The molecule has 6 nitrogen and oxygen atoms in total. The number of nitrogens with zero attached hydrogens (tertiary/aromatic N) is 2. The van der Waals surface area contributed by atoms with E-state index in [0.29, 0.717) is 16.8 Å². The molecule has 25 heavy (non-hydrogen) atoms. The van der Waals surface area contributed by atoms with Crippen LogP contribution in [0.2, 0.25) is 0 Å². The fourth-order valence-corrected chi connectivity index (χ4v) is 3.52. The average Bonchev–Trinajstić information content (AvgIpc) is 3.07. The lowest BCUT2D eigenvalue weighted by molar-refractivity contribution is -0.144. The topological polar surface area (TPSA) is 70.4 Å².